The van der Waals surface area contributed by atoms with E-state index in [4.69, 9.17) is 16.6 Å². The highest BCUT2D eigenvalue weighted by Crippen LogP contribution is 2.31. The molecular weight excluding hydrogens is 424 g/mol. The molecule has 4 aromatic rings. The third-order valence-electron chi connectivity index (χ3n) is 5.92. The van der Waals surface area contributed by atoms with Gasteiger partial charge in [-0.2, -0.15) is 0 Å². The molecule has 3 heterocycles. The number of nitrogens with zero attached hydrogens (tertiary/aromatic N) is 4. The van der Waals surface area contributed by atoms with Crippen LogP contribution in [0.25, 0.3) is 16.6 Å². The number of imidazole rings is 1. The molecule has 32 heavy (non-hydrogen) atoms. The number of fused-ring (bicyclic) bond motifs is 3. The van der Waals surface area contributed by atoms with Gasteiger partial charge in [-0.15, -0.1) is 0 Å². The maximum atomic E-state index is 11.7. The predicted molar refractivity (Wildman–Crippen MR) is 129 cm³/mol. The van der Waals surface area contributed by atoms with E-state index in [-0.39, 0.29) is 5.91 Å². The molecule has 2 aromatic carbocycles. The zero-order valence-corrected chi connectivity index (χ0v) is 18.7. The Hall–Kier alpha value is -3.32. The molecule has 1 aliphatic rings. The van der Waals surface area contributed by atoms with Gasteiger partial charge in [-0.3, -0.25) is 9.20 Å². The maximum absolute atomic E-state index is 11.7. The Kier molecular flexibility index (Phi) is 5.57. The Morgan fingerprint density at radius 2 is 2.09 bits per heavy atom. The number of carbonyl (C=O) groups is 1. The first-order chi connectivity index (χ1) is 15.6. The second-order valence-corrected chi connectivity index (χ2v) is 8.54. The Balaban J connectivity index is 1.37. The third kappa shape index (κ3) is 3.96. The lowest BCUT2D eigenvalue weighted by atomic mass is 10.2. The molecule has 0 spiro atoms. The number of halogens is 1. The summed E-state index contributed by atoms with van der Waals surface area (Å²) in [6.45, 7) is 4.52. The summed E-state index contributed by atoms with van der Waals surface area (Å²) in [5, 5.41) is 7.52. The molecule has 1 amide bonds. The quantitative estimate of drug-likeness (QED) is 0.388. The number of para-hydroxylation sites is 1. The van der Waals surface area contributed by atoms with Crippen LogP contribution in [0.3, 0.4) is 0 Å². The minimum atomic E-state index is 0.278. The normalized spacial score (nSPS) is 13.9. The monoisotopic (exact) mass is 448 g/mol. The molecule has 0 radical (unpaired) electrons. The standard InChI is InChI=1S/C24H25ClN6O/c1-16-5-2-6-18(25)23(16)29-24-21-14-26-15-31(21)20-13-17(8-9-19(20)28-24)27-10-4-12-30-11-3-7-22(30)32/h2,5-6,8-9,13-15,27H,3-4,7,10-12H2,1H3,(H,28,29). The summed E-state index contributed by atoms with van der Waals surface area (Å²) < 4.78 is 2.03. The molecule has 0 saturated carbocycles. The van der Waals surface area contributed by atoms with Crippen molar-refractivity contribution in [2.75, 3.05) is 30.3 Å². The largest absolute Gasteiger partial charge is 0.385 e. The summed E-state index contributed by atoms with van der Waals surface area (Å²) in [5.74, 6) is 0.989. The number of benzene rings is 2. The van der Waals surface area contributed by atoms with Crippen LogP contribution in [0.5, 0.6) is 0 Å². The topological polar surface area (TPSA) is 74.6 Å². The molecule has 164 valence electrons. The number of nitrogens with one attached hydrogen (secondary N) is 2. The van der Waals surface area contributed by atoms with Crippen LogP contribution in [0.4, 0.5) is 17.2 Å². The second kappa shape index (κ2) is 8.67. The highest BCUT2D eigenvalue weighted by atomic mass is 35.5. The van der Waals surface area contributed by atoms with E-state index < -0.39 is 0 Å². The van der Waals surface area contributed by atoms with E-state index in [1.54, 1.807) is 12.5 Å². The molecule has 2 N–H and O–H groups in total. The molecule has 0 bridgehead atoms. The number of anilines is 3. The summed E-state index contributed by atoms with van der Waals surface area (Å²) in [5.41, 5.74) is 5.62. The van der Waals surface area contributed by atoms with E-state index in [2.05, 4.69) is 21.7 Å². The minimum Gasteiger partial charge on any atom is -0.385 e. The maximum Gasteiger partial charge on any atom is 0.222 e. The second-order valence-electron chi connectivity index (χ2n) is 8.13. The van der Waals surface area contributed by atoms with E-state index in [0.29, 0.717) is 17.3 Å². The Morgan fingerprint density at radius 3 is 2.91 bits per heavy atom. The summed E-state index contributed by atoms with van der Waals surface area (Å²) >= 11 is 6.41. The van der Waals surface area contributed by atoms with Crippen LogP contribution < -0.4 is 10.6 Å². The first-order valence-corrected chi connectivity index (χ1v) is 11.3. The van der Waals surface area contributed by atoms with Gasteiger partial charge in [0.15, 0.2) is 5.82 Å². The van der Waals surface area contributed by atoms with Gasteiger partial charge >= 0.3 is 0 Å². The van der Waals surface area contributed by atoms with Crippen molar-refractivity contribution >= 4 is 51.3 Å². The fourth-order valence-electron chi connectivity index (χ4n) is 4.20. The number of hydrogen-bond acceptors (Lipinski definition) is 5. The molecule has 8 heteroatoms. The summed E-state index contributed by atoms with van der Waals surface area (Å²) in [6.07, 6.45) is 6.19. The van der Waals surface area contributed by atoms with Crippen molar-refractivity contribution in [3.05, 3.63) is 59.5 Å². The van der Waals surface area contributed by atoms with Gasteiger partial charge in [0.1, 0.15) is 5.52 Å². The van der Waals surface area contributed by atoms with Crippen molar-refractivity contribution < 1.29 is 4.79 Å². The zero-order valence-electron chi connectivity index (χ0n) is 17.9. The zero-order chi connectivity index (χ0) is 22.1. The molecule has 0 unspecified atom stereocenters. The van der Waals surface area contributed by atoms with Gasteiger partial charge in [0.2, 0.25) is 5.91 Å². The number of carbonyl (C=O) groups excluding carboxylic acids is 1. The van der Waals surface area contributed by atoms with Crippen molar-refractivity contribution in [1.29, 1.82) is 0 Å². The number of aryl methyl sites for hydroxylation is 1. The van der Waals surface area contributed by atoms with Crippen molar-refractivity contribution in [1.82, 2.24) is 19.3 Å². The molecule has 2 aromatic heterocycles. The van der Waals surface area contributed by atoms with Crippen LogP contribution in [0, 0.1) is 6.92 Å². The summed E-state index contributed by atoms with van der Waals surface area (Å²) in [7, 11) is 0. The van der Waals surface area contributed by atoms with Crippen LogP contribution in [-0.2, 0) is 4.79 Å². The van der Waals surface area contributed by atoms with Gasteiger partial charge in [0.25, 0.3) is 0 Å². The van der Waals surface area contributed by atoms with Gasteiger partial charge < -0.3 is 15.5 Å². The van der Waals surface area contributed by atoms with Crippen LogP contribution in [-0.4, -0.2) is 44.8 Å². The van der Waals surface area contributed by atoms with E-state index >= 15 is 0 Å². The van der Waals surface area contributed by atoms with E-state index in [9.17, 15) is 4.79 Å². The molecule has 1 aliphatic heterocycles. The number of likely N-dealkylation sites (tertiary alicyclic amines) is 1. The Morgan fingerprint density at radius 1 is 1.19 bits per heavy atom. The molecule has 1 fully saturated rings. The summed E-state index contributed by atoms with van der Waals surface area (Å²) in [4.78, 5) is 22.9. The smallest absolute Gasteiger partial charge is 0.222 e. The molecule has 0 atom stereocenters. The molecule has 0 aliphatic carbocycles. The number of hydrogen-bond donors (Lipinski definition) is 2. The SMILES string of the molecule is Cc1cccc(Cl)c1Nc1nc2ccc(NCCCN3CCCC3=O)cc2n2cncc12. The van der Waals surface area contributed by atoms with E-state index in [1.165, 1.54) is 0 Å². The summed E-state index contributed by atoms with van der Waals surface area (Å²) in [6, 6.07) is 11.9. The van der Waals surface area contributed by atoms with Crippen LogP contribution in [0.1, 0.15) is 24.8 Å². The number of rotatable bonds is 7. The highest BCUT2D eigenvalue weighted by Gasteiger charge is 2.19. The fraction of sp³-hybridized carbons (Fsp3) is 0.292. The van der Waals surface area contributed by atoms with Gasteiger partial charge in [0, 0.05) is 31.7 Å². The van der Waals surface area contributed by atoms with Crippen molar-refractivity contribution in [3.63, 3.8) is 0 Å². The Bertz CT molecular complexity index is 1280. The number of aromatic nitrogens is 3. The van der Waals surface area contributed by atoms with Crippen LogP contribution in [0.2, 0.25) is 5.02 Å². The minimum absolute atomic E-state index is 0.278. The predicted octanol–water partition coefficient (Wildman–Crippen LogP) is 5.01. The number of amides is 1. The highest BCUT2D eigenvalue weighted by molar-refractivity contribution is 6.33. The lowest BCUT2D eigenvalue weighted by Crippen LogP contribution is -2.26. The Labute approximate surface area is 191 Å². The average Bonchev–Trinajstić information content (AvgIpc) is 3.43. The molecule has 7 nitrogen and oxygen atoms in total. The molecule has 5 rings (SSSR count). The van der Waals surface area contributed by atoms with Crippen molar-refractivity contribution in [3.8, 4) is 0 Å². The molecular formula is C24H25ClN6O. The van der Waals surface area contributed by atoms with Gasteiger partial charge in [-0.1, -0.05) is 23.7 Å². The molecule has 1 saturated heterocycles. The van der Waals surface area contributed by atoms with Crippen molar-refractivity contribution in [2.45, 2.75) is 26.2 Å². The third-order valence-corrected chi connectivity index (χ3v) is 6.23. The van der Waals surface area contributed by atoms with Gasteiger partial charge in [0.05, 0.1) is 34.3 Å². The fourth-order valence-corrected chi connectivity index (χ4v) is 4.47. The van der Waals surface area contributed by atoms with E-state index in [0.717, 1.165) is 66.0 Å². The first kappa shape index (κ1) is 20.6. The van der Waals surface area contributed by atoms with Crippen LogP contribution >= 0.6 is 11.6 Å². The van der Waals surface area contributed by atoms with Crippen molar-refractivity contribution in [2.24, 2.45) is 0 Å². The average molecular weight is 449 g/mol. The lowest BCUT2D eigenvalue weighted by molar-refractivity contribution is -0.127. The van der Waals surface area contributed by atoms with Crippen LogP contribution in [0.15, 0.2) is 48.9 Å². The van der Waals surface area contributed by atoms with E-state index in [1.807, 2.05) is 46.6 Å². The lowest BCUT2D eigenvalue weighted by Gasteiger charge is -2.16. The first-order valence-electron chi connectivity index (χ1n) is 10.9. The van der Waals surface area contributed by atoms with Gasteiger partial charge in [-0.25, -0.2) is 9.97 Å². The van der Waals surface area contributed by atoms with Gasteiger partial charge in [-0.05, 0) is 49.6 Å².